The van der Waals surface area contributed by atoms with E-state index in [0.717, 1.165) is 0 Å². The second-order valence-electron chi connectivity index (χ2n) is 7.63. The Morgan fingerprint density at radius 3 is 1.79 bits per heavy atom. The monoisotopic (exact) mass is 476 g/mol. The molecule has 33 heavy (non-hydrogen) atoms. The molecule has 0 spiro atoms. The molecule has 0 radical (unpaired) electrons. The zero-order chi connectivity index (χ0) is 25.9. The fourth-order valence-electron chi connectivity index (χ4n) is 2.61. The van der Waals surface area contributed by atoms with Gasteiger partial charge in [-0.3, -0.25) is 24.0 Å². The van der Waals surface area contributed by atoms with E-state index in [4.69, 9.17) is 21.1 Å². The summed E-state index contributed by atoms with van der Waals surface area (Å²) in [6, 6.07) is -5.96. The first-order valence-corrected chi connectivity index (χ1v) is 10.2. The molecule has 0 aliphatic carbocycles. The van der Waals surface area contributed by atoms with Crippen LogP contribution in [0.5, 0.6) is 0 Å². The number of amides is 3. The van der Waals surface area contributed by atoms with Crippen LogP contribution in [-0.4, -0.2) is 86.3 Å². The average molecular weight is 476 g/mol. The van der Waals surface area contributed by atoms with Crippen molar-refractivity contribution in [3.05, 3.63) is 0 Å². The standard InChI is InChI=1S/C19H32N4O10/c1-4-8(2)14(20)17(30)23-15(9(3)24)18(31)21-10(5-6-12(25)26)16(29)22-11(19(32)33)7-13(27)28/h8-11,14-15,24H,4-7,20H2,1-3H3,(H,21,31)(H,22,29)(H,23,30)(H,25,26)(H,27,28)(H,32,33). The Morgan fingerprint density at radius 1 is 0.818 bits per heavy atom. The molecule has 0 rings (SSSR count). The van der Waals surface area contributed by atoms with Gasteiger partial charge in [0.2, 0.25) is 17.7 Å². The summed E-state index contributed by atoms with van der Waals surface area (Å²) in [5, 5.41) is 43.1. The largest absolute Gasteiger partial charge is 0.481 e. The highest BCUT2D eigenvalue weighted by molar-refractivity contribution is 5.95. The number of carbonyl (C=O) groups is 6. The average Bonchev–Trinajstić information content (AvgIpc) is 2.71. The molecule has 14 heteroatoms. The number of carboxylic acid groups (broad SMARTS) is 3. The molecule has 6 atom stereocenters. The minimum absolute atomic E-state index is 0.237. The zero-order valence-electron chi connectivity index (χ0n) is 18.6. The summed E-state index contributed by atoms with van der Waals surface area (Å²) in [4.78, 5) is 70.4. The maximum atomic E-state index is 12.7. The van der Waals surface area contributed by atoms with Gasteiger partial charge < -0.3 is 42.1 Å². The van der Waals surface area contributed by atoms with E-state index >= 15 is 0 Å². The third-order valence-corrected chi connectivity index (χ3v) is 4.90. The van der Waals surface area contributed by atoms with Crippen LogP contribution in [0.4, 0.5) is 0 Å². The van der Waals surface area contributed by atoms with Crippen molar-refractivity contribution in [3.63, 3.8) is 0 Å². The van der Waals surface area contributed by atoms with E-state index in [-0.39, 0.29) is 5.92 Å². The smallest absolute Gasteiger partial charge is 0.326 e. The maximum Gasteiger partial charge on any atom is 0.326 e. The van der Waals surface area contributed by atoms with Crippen LogP contribution in [0.25, 0.3) is 0 Å². The van der Waals surface area contributed by atoms with Crippen LogP contribution in [-0.2, 0) is 28.8 Å². The molecule has 0 heterocycles. The molecule has 6 unspecified atom stereocenters. The van der Waals surface area contributed by atoms with Gasteiger partial charge in [-0.15, -0.1) is 0 Å². The van der Waals surface area contributed by atoms with Crippen molar-refractivity contribution in [1.29, 1.82) is 0 Å². The summed E-state index contributed by atoms with van der Waals surface area (Å²) >= 11 is 0. The molecule has 0 aromatic carbocycles. The van der Waals surface area contributed by atoms with Crippen molar-refractivity contribution >= 4 is 35.6 Å². The molecule has 0 fully saturated rings. The number of rotatable bonds is 15. The molecule has 3 amide bonds. The third kappa shape index (κ3) is 10.7. The van der Waals surface area contributed by atoms with Crippen molar-refractivity contribution in [2.45, 2.75) is 76.7 Å². The van der Waals surface area contributed by atoms with Crippen LogP contribution in [0, 0.1) is 5.92 Å². The first kappa shape index (κ1) is 29.7. The number of aliphatic hydroxyl groups is 1. The van der Waals surface area contributed by atoms with E-state index in [0.29, 0.717) is 6.42 Å². The third-order valence-electron chi connectivity index (χ3n) is 4.90. The minimum atomic E-state index is -1.83. The van der Waals surface area contributed by atoms with Gasteiger partial charge in [0.05, 0.1) is 18.6 Å². The predicted octanol–water partition coefficient (Wildman–Crippen LogP) is -2.38. The van der Waals surface area contributed by atoms with Gasteiger partial charge >= 0.3 is 17.9 Å². The second kappa shape index (κ2) is 14.0. The highest BCUT2D eigenvalue weighted by Crippen LogP contribution is 2.07. The Bertz CT molecular complexity index is 742. The quantitative estimate of drug-likeness (QED) is 0.124. The molecular weight excluding hydrogens is 444 g/mol. The lowest BCUT2D eigenvalue weighted by Crippen LogP contribution is -2.60. The molecule has 0 aliphatic rings. The van der Waals surface area contributed by atoms with Crippen molar-refractivity contribution in [3.8, 4) is 0 Å². The number of aliphatic carboxylic acids is 3. The van der Waals surface area contributed by atoms with Crippen molar-refractivity contribution < 1.29 is 49.2 Å². The summed E-state index contributed by atoms with van der Waals surface area (Å²) in [5.41, 5.74) is 5.81. The summed E-state index contributed by atoms with van der Waals surface area (Å²) in [7, 11) is 0. The summed E-state index contributed by atoms with van der Waals surface area (Å²) in [5.74, 6) is -7.65. The van der Waals surface area contributed by atoms with Gasteiger partial charge in [0.15, 0.2) is 0 Å². The Labute approximate surface area is 189 Å². The molecule has 0 aromatic rings. The van der Waals surface area contributed by atoms with Gasteiger partial charge in [0.1, 0.15) is 18.1 Å². The topological polar surface area (TPSA) is 245 Å². The Hall–Kier alpha value is -3.26. The summed E-state index contributed by atoms with van der Waals surface area (Å²) in [6.07, 6.45) is -2.89. The summed E-state index contributed by atoms with van der Waals surface area (Å²) < 4.78 is 0. The first-order valence-electron chi connectivity index (χ1n) is 10.2. The van der Waals surface area contributed by atoms with Gasteiger partial charge in [-0.2, -0.15) is 0 Å². The number of carbonyl (C=O) groups excluding carboxylic acids is 3. The number of nitrogens with two attached hydrogens (primary N) is 1. The fourth-order valence-corrected chi connectivity index (χ4v) is 2.61. The van der Waals surface area contributed by atoms with Crippen LogP contribution >= 0.6 is 0 Å². The normalized spacial score (nSPS) is 16.3. The van der Waals surface area contributed by atoms with E-state index in [1.165, 1.54) is 6.92 Å². The van der Waals surface area contributed by atoms with Crippen LogP contribution in [0.1, 0.15) is 46.5 Å². The maximum absolute atomic E-state index is 12.7. The first-order chi connectivity index (χ1) is 15.2. The number of nitrogens with one attached hydrogen (secondary N) is 3. The van der Waals surface area contributed by atoms with Crippen LogP contribution < -0.4 is 21.7 Å². The van der Waals surface area contributed by atoms with Crippen molar-refractivity contribution in [1.82, 2.24) is 16.0 Å². The lowest BCUT2D eigenvalue weighted by molar-refractivity contribution is -0.147. The van der Waals surface area contributed by atoms with Gasteiger partial charge in [0.25, 0.3) is 0 Å². The van der Waals surface area contributed by atoms with E-state index in [1.54, 1.807) is 13.8 Å². The molecule has 9 N–H and O–H groups in total. The highest BCUT2D eigenvalue weighted by Gasteiger charge is 2.33. The number of hydrogen-bond donors (Lipinski definition) is 8. The predicted molar refractivity (Wildman–Crippen MR) is 112 cm³/mol. The molecule has 14 nitrogen and oxygen atoms in total. The lowest BCUT2D eigenvalue weighted by atomic mass is 9.98. The fraction of sp³-hybridized carbons (Fsp3) is 0.684. The SMILES string of the molecule is CCC(C)C(N)C(=O)NC(C(=O)NC(CCC(=O)O)C(=O)NC(CC(=O)O)C(=O)O)C(C)O. The molecule has 0 aliphatic heterocycles. The summed E-state index contributed by atoms with van der Waals surface area (Å²) in [6.45, 7) is 4.71. The number of hydrogen-bond acceptors (Lipinski definition) is 8. The Kier molecular flexibility index (Phi) is 12.6. The van der Waals surface area contributed by atoms with E-state index in [9.17, 15) is 33.9 Å². The second-order valence-corrected chi connectivity index (χ2v) is 7.63. The Morgan fingerprint density at radius 2 is 1.36 bits per heavy atom. The molecular formula is C19H32N4O10. The van der Waals surface area contributed by atoms with Crippen LogP contribution in [0.15, 0.2) is 0 Å². The Balaban J connectivity index is 5.56. The van der Waals surface area contributed by atoms with E-state index in [1.807, 2.05) is 5.32 Å². The van der Waals surface area contributed by atoms with Crippen LogP contribution in [0.3, 0.4) is 0 Å². The highest BCUT2D eigenvalue weighted by atomic mass is 16.4. The number of aliphatic hydroxyl groups excluding tert-OH is 1. The van der Waals surface area contributed by atoms with E-state index in [2.05, 4.69) is 10.6 Å². The molecule has 0 bridgehead atoms. The molecule has 0 saturated carbocycles. The molecule has 188 valence electrons. The van der Waals surface area contributed by atoms with Gasteiger partial charge in [-0.1, -0.05) is 20.3 Å². The van der Waals surface area contributed by atoms with Gasteiger partial charge in [-0.05, 0) is 19.3 Å². The van der Waals surface area contributed by atoms with Gasteiger partial charge in [-0.25, -0.2) is 4.79 Å². The lowest BCUT2D eigenvalue weighted by Gasteiger charge is -2.27. The van der Waals surface area contributed by atoms with Gasteiger partial charge in [0, 0.05) is 6.42 Å². The van der Waals surface area contributed by atoms with E-state index < -0.39 is 85.2 Å². The molecule has 0 aromatic heterocycles. The number of carboxylic acids is 3. The minimum Gasteiger partial charge on any atom is -0.481 e. The van der Waals surface area contributed by atoms with Crippen LogP contribution in [0.2, 0.25) is 0 Å². The zero-order valence-corrected chi connectivity index (χ0v) is 18.6. The molecule has 0 saturated heterocycles. The van der Waals surface area contributed by atoms with Crippen molar-refractivity contribution in [2.24, 2.45) is 11.7 Å². The van der Waals surface area contributed by atoms with Crippen molar-refractivity contribution in [2.75, 3.05) is 0 Å².